The second-order valence-electron chi connectivity index (χ2n) is 6.33. The lowest BCUT2D eigenvalue weighted by Crippen LogP contribution is -2.49. The highest BCUT2D eigenvalue weighted by Crippen LogP contribution is 2.30. The third-order valence-corrected chi connectivity index (χ3v) is 4.93. The van der Waals surface area contributed by atoms with E-state index in [4.69, 9.17) is 0 Å². The molecule has 0 aromatic heterocycles. The molecule has 3 nitrogen and oxygen atoms in total. The lowest BCUT2D eigenvalue weighted by Gasteiger charge is -2.37. The second kappa shape index (κ2) is 6.15. The molecule has 1 aliphatic carbocycles. The topological polar surface area (TPSA) is 44.3 Å². The summed E-state index contributed by atoms with van der Waals surface area (Å²) in [5.74, 6) is 0. The molecule has 2 aliphatic rings. The van der Waals surface area contributed by atoms with E-state index in [1.165, 1.54) is 48.9 Å². The maximum atomic E-state index is 9.78. The highest BCUT2D eigenvalue weighted by molar-refractivity contribution is 5.59. The molecule has 0 amide bonds. The van der Waals surface area contributed by atoms with Gasteiger partial charge in [-0.2, -0.15) is 0 Å². The van der Waals surface area contributed by atoms with Gasteiger partial charge in [0.05, 0.1) is 6.61 Å². The number of aliphatic hydroxyl groups excluding tert-OH is 1. The average Bonchev–Trinajstić information content (AvgIpc) is 2.54. The molecule has 0 saturated heterocycles. The van der Waals surface area contributed by atoms with Gasteiger partial charge in [0.1, 0.15) is 0 Å². The van der Waals surface area contributed by atoms with Crippen LogP contribution in [0.2, 0.25) is 0 Å². The molecule has 0 bridgehead atoms. The largest absolute Gasteiger partial charge is 0.394 e. The minimum Gasteiger partial charge on any atom is -0.394 e. The SMILES string of the molecule is OCC1(NCc2cccc3c2NCCC3)CCCCC1. The molecule has 0 radical (unpaired) electrons. The standard InChI is InChI=1S/C17H26N2O/c20-13-17(9-2-1-3-10-17)19-12-15-7-4-6-14-8-5-11-18-16(14)15/h4,6-7,18-20H,1-3,5,8-13H2. The van der Waals surface area contributed by atoms with Crippen LogP contribution in [0.1, 0.15) is 49.7 Å². The van der Waals surface area contributed by atoms with Crippen LogP contribution >= 0.6 is 0 Å². The fourth-order valence-electron chi connectivity index (χ4n) is 3.63. The van der Waals surface area contributed by atoms with Gasteiger partial charge in [-0.15, -0.1) is 0 Å². The van der Waals surface area contributed by atoms with Gasteiger partial charge in [0.15, 0.2) is 0 Å². The van der Waals surface area contributed by atoms with Crippen LogP contribution < -0.4 is 10.6 Å². The lowest BCUT2D eigenvalue weighted by molar-refractivity contribution is 0.119. The molecular formula is C17H26N2O. The molecule has 1 fully saturated rings. The molecule has 1 saturated carbocycles. The molecule has 0 spiro atoms. The smallest absolute Gasteiger partial charge is 0.0613 e. The fraction of sp³-hybridized carbons (Fsp3) is 0.647. The molecule has 0 unspecified atom stereocenters. The third kappa shape index (κ3) is 2.84. The quantitative estimate of drug-likeness (QED) is 0.791. The summed E-state index contributed by atoms with van der Waals surface area (Å²) < 4.78 is 0. The van der Waals surface area contributed by atoms with E-state index in [9.17, 15) is 5.11 Å². The Kier molecular flexibility index (Phi) is 4.27. The summed E-state index contributed by atoms with van der Waals surface area (Å²) in [5.41, 5.74) is 4.07. The van der Waals surface area contributed by atoms with Crippen molar-refractivity contribution in [2.24, 2.45) is 0 Å². The minimum atomic E-state index is -0.0460. The highest BCUT2D eigenvalue weighted by Gasteiger charge is 2.30. The molecule has 1 heterocycles. The van der Waals surface area contributed by atoms with Gasteiger partial charge >= 0.3 is 0 Å². The molecule has 1 aromatic rings. The van der Waals surface area contributed by atoms with Crippen LogP contribution in [0.25, 0.3) is 0 Å². The number of anilines is 1. The molecule has 3 N–H and O–H groups in total. The van der Waals surface area contributed by atoms with Crippen LogP contribution in [0.5, 0.6) is 0 Å². The fourth-order valence-corrected chi connectivity index (χ4v) is 3.63. The van der Waals surface area contributed by atoms with Crippen LogP contribution in [0.3, 0.4) is 0 Å². The number of fused-ring (bicyclic) bond motifs is 1. The maximum Gasteiger partial charge on any atom is 0.0613 e. The zero-order valence-electron chi connectivity index (χ0n) is 12.3. The van der Waals surface area contributed by atoms with Crippen molar-refractivity contribution < 1.29 is 5.11 Å². The van der Waals surface area contributed by atoms with Crippen LogP contribution in [0.4, 0.5) is 5.69 Å². The molecular weight excluding hydrogens is 248 g/mol. The van der Waals surface area contributed by atoms with Crippen LogP contribution in [-0.2, 0) is 13.0 Å². The number of rotatable bonds is 4. The monoisotopic (exact) mass is 274 g/mol. The van der Waals surface area contributed by atoms with E-state index in [2.05, 4.69) is 28.8 Å². The molecule has 1 aliphatic heterocycles. The van der Waals surface area contributed by atoms with E-state index < -0.39 is 0 Å². The lowest BCUT2D eigenvalue weighted by atomic mass is 9.82. The second-order valence-corrected chi connectivity index (χ2v) is 6.33. The van der Waals surface area contributed by atoms with Crippen molar-refractivity contribution in [2.45, 2.75) is 57.0 Å². The van der Waals surface area contributed by atoms with Gasteiger partial charge in [0, 0.05) is 24.3 Å². The number of benzene rings is 1. The van der Waals surface area contributed by atoms with E-state index >= 15 is 0 Å². The first-order valence-electron chi connectivity index (χ1n) is 8.04. The summed E-state index contributed by atoms with van der Waals surface area (Å²) in [7, 11) is 0. The summed E-state index contributed by atoms with van der Waals surface area (Å²) >= 11 is 0. The van der Waals surface area contributed by atoms with E-state index in [1.807, 2.05) is 0 Å². The maximum absolute atomic E-state index is 9.78. The Bertz CT molecular complexity index is 452. The Hall–Kier alpha value is -1.06. The van der Waals surface area contributed by atoms with E-state index in [1.54, 1.807) is 0 Å². The zero-order valence-corrected chi connectivity index (χ0v) is 12.3. The van der Waals surface area contributed by atoms with E-state index in [0.717, 1.165) is 25.9 Å². The van der Waals surface area contributed by atoms with Crippen molar-refractivity contribution in [1.29, 1.82) is 0 Å². The van der Waals surface area contributed by atoms with Gasteiger partial charge in [-0.1, -0.05) is 37.5 Å². The third-order valence-electron chi connectivity index (χ3n) is 4.93. The van der Waals surface area contributed by atoms with Gasteiger partial charge in [0.25, 0.3) is 0 Å². The number of aliphatic hydroxyl groups is 1. The summed E-state index contributed by atoms with van der Waals surface area (Å²) in [6, 6.07) is 6.60. The van der Waals surface area contributed by atoms with Crippen molar-refractivity contribution in [2.75, 3.05) is 18.5 Å². The van der Waals surface area contributed by atoms with Crippen LogP contribution in [0.15, 0.2) is 18.2 Å². The number of hydrogen-bond acceptors (Lipinski definition) is 3. The summed E-state index contributed by atoms with van der Waals surface area (Å²) in [6.07, 6.45) is 8.40. The number of para-hydroxylation sites is 1. The number of aryl methyl sites for hydroxylation is 1. The predicted molar refractivity (Wildman–Crippen MR) is 83.0 cm³/mol. The van der Waals surface area contributed by atoms with Gasteiger partial charge in [-0.25, -0.2) is 0 Å². The summed E-state index contributed by atoms with van der Waals surface area (Å²) in [6.45, 7) is 2.20. The molecule has 3 heteroatoms. The molecule has 20 heavy (non-hydrogen) atoms. The van der Waals surface area contributed by atoms with Crippen molar-refractivity contribution in [3.8, 4) is 0 Å². The number of hydrogen-bond donors (Lipinski definition) is 3. The van der Waals surface area contributed by atoms with Crippen molar-refractivity contribution in [3.63, 3.8) is 0 Å². The van der Waals surface area contributed by atoms with Gasteiger partial charge < -0.3 is 15.7 Å². The Morgan fingerprint density at radius 1 is 1.15 bits per heavy atom. The van der Waals surface area contributed by atoms with E-state index in [0.29, 0.717) is 0 Å². The van der Waals surface area contributed by atoms with E-state index in [-0.39, 0.29) is 12.1 Å². The normalized spacial score (nSPS) is 21.1. The summed E-state index contributed by atoms with van der Waals surface area (Å²) in [5, 5.41) is 17.0. The minimum absolute atomic E-state index is 0.0460. The Labute approximate surface area is 121 Å². The molecule has 110 valence electrons. The molecule has 3 rings (SSSR count). The van der Waals surface area contributed by atoms with Gasteiger partial charge in [-0.3, -0.25) is 0 Å². The molecule has 0 atom stereocenters. The Morgan fingerprint density at radius 3 is 2.80 bits per heavy atom. The number of nitrogens with one attached hydrogen (secondary N) is 2. The first-order chi connectivity index (χ1) is 9.83. The predicted octanol–water partition coefficient (Wildman–Crippen LogP) is 2.83. The van der Waals surface area contributed by atoms with Crippen LogP contribution in [-0.4, -0.2) is 23.8 Å². The summed E-state index contributed by atoms with van der Waals surface area (Å²) in [4.78, 5) is 0. The van der Waals surface area contributed by atoms with Gasteiger partial charge in [0.2, 0.25) is 0 Å². The zero-order chi connectivity index (χ0) is 13.8. The van der Waals surface area contributed by atoms with Crippen molar-refractivity contribution in [1.82, 2.24) is 5.32 Å². The average molecular weight is 274 g/mol. The van der Waals surface area contributed by atoms with Crippen LogP contribution in [0, 0.1) is 0 Å². The molecule has 1 aromatic carbocycles. The van der Waals surface area contributed by atoms with Crippen molar-refractivity contribution >= 4 is 5.69 Å². The first-order valence-corrected chi connectivity index (χ1v) is 8.04. The first kappa shape index (κ1) is 13.9. The van der Waals surface area contributed by atoms with Crippen molar-refractivity contribution in [3.05, 3.63) is 29.3 Å². The highest BCUT2D eigenvalue weighted by atomic mass is 16.3. The van der Waals surface area contributed by atoms with Gasteiger partial charge in [-0.05, 0) is 36.8 Å². The Morgan fingerprint density at radius 2 is 2.00 bits per heavy atom. The Balaban J connectivity index is 1.71.